The summed E-state index contributed by atoms with van der Waals surface area (Å²) in [5.41, 5.74) is 0. The van der Waals surface area contributed by atoms with Gasteiger partial charge in [0.1, 0.15) is 0 Å². The summed E-state index contributed by atoms with van der Waals surface area (Å²) in [5.74, 6) is 0. The highest BCUT2D eigenvalue weighted by Gasteiger charge is 1.97. The normalized spacial score (nSPS) is 10.4. The van der Waals surface area contributed by atoms with Gasteiger partial charge in [-0.1, -0.05) is 64.2 Å². The van der Waals surface area contributed by atoms with Crippen LogP contribution in [0.3, 0.4) is 0 Å². The molecule has 0 saturated carbocycles. The van der Waals surface area contributed by atoms with Crippen LogP contribution < -0.4 is 0 Å². The lowest BCUT2D eigenvalue weighted by Gasteiger charge is -2.03. The molecule has 130 valence electrons. The van der Waals surface area contributed by atoms with Gasteiger partial charge >= 0.3 is 12.3 Å². The molecule has 0 rings (SSSR count). The van der Waals surface area contributed by atoms with Gasteiger partial charge in [0.05, 0.1) is 13.2 Å². The summed E-state index contributed by atoms with van der Waals surface area (Å²) in [6.07, 6.45) is 11.0. The molecule has 6 nitrogen and oxygen atoms in total. The van der Waals surface area contributed by atoms with Crippen LogP contribution in [0.1, 0.15) is 77.0 Å². The number of carboxylic acid groups (broad SMARTS) is 2. The Bertz CT molecular complexity index is 252. The first-order valence-corrected chi connectivity index (χ1v) is 8.34. The van der Waals surface area contributed by atoms with Gasteiger partial charge in [0, 0.05) is 0 Å². The first kappa shape index (κ1) is 20.5. The topological polar surface area (TPSA) is 93.1 Å². The van der Waals surface area contributed by atoms with Crippen molar-refractivity contribution in [1.29, 1.82) is 0 Å². The van der Waals surface area contributed by atoms with E-state index in [0.29, 0.717) is 13.2 Å². The van der Waals surface area contributed by atoms with E-state index >= 15 is 0 Å². The molecule has 0 radical (unpaired) electrons. The van der Waals surface area contributed by atoms with Crippen LogP contribution in [0.25, 0.3) is 0 Å². The second kappa shape index (κ2) is 15.9. The number of unbranched alkanes of at least 4 members (excludes halogenated alkanes) is 11. The highest BCUT2D eigenvalue weighted by Crippen LogP contribution is 2.12. The monoisotopic (exact) mass is 318 g/mol. The third-order valence-electron chi connectivity index (χ3n) is 3.49. The summed E-state index contributed by atoms with van der Waals surface area (Å²) in [5, 5.41) is 16.6. The molecule has 0 aliphatic heterocycles. The van der Waals surface area contributed by atoms with Crippen LogP contribution in [0, 0.1) is 0 Å². The van der Waals surface area contributed by atoms with E-state index in [2.05, 4.69) is 9.47 Å². The van der Waals surface area contributed by atoms with Gasteiger partial charge in [-0.25, -0.2) is 9.59 Å². The smallest absolute Gasteiger partial charge is 0.450 e. The molecule has 0 atom stereocenters. The molecular weight excluding hydrogens is 288 g/mol. The van der Waals surface area contributed by atoms with Crippen molar-refractivity contribution in [2.75, 3.05) is 13.2 Å². The van der Waals surface area contributed by atoms with Gasteiger partial charge in [-0.15, -0.1) is 0 Å². The minimum atomic E-state index is -1.19. The van der Waals surface area contributed by atoms with Crippen molar-refractivity contribution in [1.82, 2.24) is 0 Å². The number of rotatable bonds is 15. The molecule has 6 heteroatoms. The molecular formula is C16H30O6. The summed E-state index contributed by atoms with van der Waals surface area (Å²) in [4.78, 5) is 20.2. The Balaban J connectivity index is 2.99. The number of hydrogen-bond acceptors (Lipinski definition) is 4. The summed E-state index contributed by atoms with van der Waals surface area (Å²) >= 11 is 0. The molecule has 0 unspecified atom stereocenters. The van der Waals surface area contributed by atoms with E-state index in [4.69, 9.17) is 10.2 Å². The second-order valence-corrected chi connectivity index (χ2v) is 5.47. The standard InChI is InChI=1S/C16H30O6/c17-15(18)21-13-11-9-7-5-3-1-2-4-6-8-10-12-14-22-16(19)20/h1-14H2,(H,17,18)(H,19,20). The van der Waals surface area contributed by atoms with E-state index in [1.165, 1.54) is 38.5 Å². The molecule has 0 aliphatic rings. The minimum absolute atomic E-state index is 0.312. The highest BCUT2D eigenvalue weighted by molar-refractivity contribution is 5.56. The first-order valence-electron chi connectivity index (χ1n) is 8.34. The Morgan fingerprint density at radius 1 is 0.500 bits per heavy atom. The minimum Gasteiger partial charge on any atom is -0.450 e. The van der Waals surface area contributed by atoms with E-state index in [1.807, 2.05) is 0 Å². The van der Waals surface area contributed by atoms with E-state index in [9.17, 15) is 9.59 Å². The third-order valence-corrected chi connectivity index (χ3v) is 3.49. The van der Waals surface area contributed by atoms with Crippen molar-refractivity contribution in [3.8, 4) is 0 Å². The lowest BCUT2D eigenvalue weighted by atomic mass is 10.1. The van der Waals surface area contributed by atoms with Gasteiger partial charge in [0.15, 0.2) is 0 Å². The van der Waals surface area contributed by atoms with E-state index in [-0.39, 0.29) is 0 Å². The van der Waals surface area contributed by atoms with E-state index < -0.39 is 12.3 Å². The summed E-state index contributed by atoms with van der Waals surface area (Å²) in [6.45, 7) is 0.625. The number of carbonyl (C=O) groups is 2. The molecule has 0 aromatic carbocycles. The van der Waals surface area contributed by atoms with Crippen LogP contribution in [0.5, 0.6) is 0 Å². The van der Waals surface area contributed by atoms with E-state index in [1.54, 1.807) is 0 Å². The van der Waals surface area contributed by atoms with Crippen LogP contribution in [0.4, 0.5) is 9.59 Å². The van der Waals surface area contributed by atoms with Crippen LogP contribution in [-0.2, 0) is 9.47 Å². The fourth-order valence-corrected chi connectivity index (χ4v) is 2.29. The summed E-state index contributed by atoms with van der Waals surface area (Å²) < 4.78 is 8.88. The third kappa shape index (κ3) is 18.5. The van der Waals surface area contributed by atoms with Crippen molar-refractivity contribution in [2.24, 2.45) is 0 Å². The zero-order chi connectivity index (χ0) is 16.5. The van der Waals surface area contributed by atoms with Crippen LogP contribution in [0.2, 0.25) is 0 Å². The van der Waals surface area contributed by atoms with Gasteiger partial charge in [-0.3, -0.25) is 0 Å². The Kier molecular flexibility index (Phi) is 14.9. The van der Waals surface area contributed by atoms with Gasteiger partial charge in [-0.05, 0) is 12.8 Å². The SMILES string of the molecule is O=C(O)OCCCCCCCCCCCCCCOC(=O)O. The molecule has 0 aromatic heterocycles. The van der Waals surface area contributed by atoms with E-state index in [0.717, 1.165) is 38.5 Å². The molecule has 0 amide bonds. The second-order valence-electron chi connectivity index (χ2n) is 5.47. The number of hydrogen-bond donors (Lipinski definition) is 2. The Morgan fingerprint density at radius 2 is 0.727 bits per heavy atom. The maximum Gasteiger partial charge on any atom is 0.505 e. The Labute approximate surface area is 132 Å². The van der Waals surface area contributed by atoms with Crippen molar-refractivity contribution < 1.29 is 29.3 Å². The van der Waals surface area contributed by atoms with Crippen molar-refractivity contribution in [3.63, 3.8) is 0 Å². The fourth-order valence-electron chi connectivity index (χ4n) is 2.29. The molecule has 0 aromatic rings. The molecule has 0 spiro atoms. The largest absolute Gasteiger partial charge is 0.505 e. The lowest BCUT2D eigenvalue weighted by molar-refractivity contribution is 0.0887. The van der Waals surface area contributed by atoms with Crippen LogP contribution >= 0.6 is 0 Å². The molecule has 0 aliphatic carbocycles. The highest BCUT2D eigenvalue weighted by atomic mass is 16.7. The van der Waals surface area contributed by atoms with Crippen molar-refractivity contribution >= 4 is 12.3 Å². The van der Waals surface area contributed by atoms with Crippen LogP contribution in [-0.4, -0.2) is 35.7 Å². The lowest BCUT2D eigenvalue weighted by Crippen LogP contribution is -2.01. The van der Waals surface area contributed by atoms with Crippen LogP contribution in [0.15, 0.2) is 0 Å². The molecule has 0 bridgehead atoms. The maximum atomic E-state index is 10.1. The molecule has 2 N–H and O–H groups in total. The quantitative estimate of drug-likeness (QED) is 0.324. The average Bonchev–Trinajstić information content (AvgIpc) is 2.46. The summed E-state index contributed by atoms with van der Waals surface area (Å²) in [6, 6.07) is 0. The van der Waals surface area contributed by atoms with Crippen molar-refractivity contribution in [2.45, 2.75) is 77.0 Å². The predicted molar refractivity (Wildman–Crippen MR) is 83.4 cm³/mol. The fraction of sp³-hybridized carbons (Fsp3) is 0.875. The zero-order valence-electron chi connectivity index (χ0n) is 13.4. The molecule has 0 fully saturated rings. The van der Waals surface area contributed by atoms with Gasteiger partial charge in [0.2, 0.25) is 0 Å². The Morgan fingerprint density at radius 3 is 0.955 bits per heavy atom. The molecule has 22 heavy (non-hydrogen) atoms. The number of ether oxygens (including phenoxy) is 2. The molecule has 0 saturated heterocycles. The van der Waals surface area contributed by atoms with Crippen molar-refractivity contribution in [3.05, 3.63) is 0 Å². The molecule has 0 heterocycles. The van der Waals surface area contributed by atoms with Gasteiger partial charge < -0.3 is 19.7 Å². The predicted octanol–water partition coefficient (Wildman–Crippen LogP) is 5.06. The van der Waals surface area contributed by atoms with Gasteiger partial charge in [0.25, 0.3) is 0 Å². The first-order chi connectivity index (χ1) is 10.6. The van der Waals surface area contributed by atoms with Gasteiger partial charge in [-0.2, -0.15) is 0 Å². The average molecular weight is 318 g/mol. The summed E-state index contributed by atoms with van der Waals surface area (Å²) in [7, 11) is 0. The maximum absolute atomic E-state index is 10.1. The Hall–Kier alpha value is -1.46. The zero-order valence-corrected chi connectivity index (χ0v) is 13.4.